The first-order valence-corrected chi connectivity index (χ1v) is 6.91. The van der Waals surface area contributed by atoms with Crippen LogP contribution in [0.25, 0.3) is 0 Å². The minimum Gasteiger partial charge on any atom is -0.484 e. The lowest BCUT2D eigenvalue weighted by Gasteiger charge is -2.10. The number of benzene rings is 2. The van der Waals surface area contributed by atoms with E-state index in [1.807, 2.05) is 0 Å². The number of hydrogen-bond donors (Lipinski definition) is 2. The number of nitrogens with one attached hydrogen (secondary N) is 1. The summed E-state index contributed by atoms with van der Waals surface area (Å²) in [5.74, 6) is -1.28. The summed E-state index contributed by atoms with van der Waals surface area (Å²) in [6.07, 6.45) is -4.78. The fourth-order valence-corrected chi connectivity index (χ4v) is 1.82. The Balaban J connectivity index is 2.02. The molecule has 0 aliphatic heterocycles. The van der Waals surface area contributed by atoms with Crippen molar-refractivity contribution in [1.82, 2.24) is 0 Å². The van der Waals surface area contributed by atoms with E-state index in [1.165, 1.54) is 24.3 Å². The maximum Gasteiger partial charge on any atom is 0.573 e. The molecule has 0 saturated heterocycles. The molecule has 132 valence electrons. The predicted octanol–water partition coefficient (Wildman–Crippen LogP) is 2.70. The molecule has 0 aromatic heterocycles. The molecule has 0 unspecified atom stereocenters. The molecule has 0 radical (unpaired) electrons. The fraction of sp³-hybridized carbons (Fsp3) is 0.125. The third kappa shape index (κ3) is 6.05. The first-order valence-electron chi connectivity index (χ1n) is 6.91. The molecule has 6 nitrogen and oxygen atoms in total. The zero-order valence-electron chi connectivity index (χ0n) is 12.7. The van der Waals surface area contributed by atoms with Crippen LogP contribution in [0.1, 0.15) is 10.4 Å². The summed E-state index contributed by atoms with van der Waals surface area (Å²) in [7, 11) is 0. The zero-order valence-corrected chi connectivity index (χ0v) is 12.7. The van der Waals surface area contributed by atoms with Gasteiger partial charge in [0.15, 0.2) is 6.61 Å². The Labute approximate surface area is 140 Å². The zero-order chi connectivity index (χ0) is 18.4. The Hall–Kier alpha value is -3.23. The molecule has 2 aromatic carbocycles. The average molecular weight is 354 g/mol. The number of carbonyl (C=O) groups is 2. The summed E-state index contributed by atoms with van der Waals surface area (Å²) in [4.78, 5) is 22.8. The summed E-state index contributed by atoms with van der Waals surface area (Å²) in [6.45, 7) is -0.328. The van der Waals surface area contributed by atoms with Crippen molar-refractivity contribution in [3.05, 3.63) is 54.1 Å². The van der Waals surface area contributed by atoms with Gasteiger partial charge >= 0.3 is 6.36 Å². The topological polar surface area (TPSA) is 90.7 Å². The molecular formula is C16H13F3N2O4. The van der Waals surface area contributed by atoms with E-state index in [9.17, 15) is 22.8 Å². The number of halogens is 3. The number of ether oxygens (including phenoxy) is 2. The van der Waals surface area contributed by atoms with E-state index >= 15 is 0 Å². The van der Waals surface area contributed by atoms with Crippen molar-refractivity contribution in [2.75, 3.05) is 11.9 Å². The molecule has 0 heterocycles. The lowest BCUT2D eigenvalue weighted by Crippen LogP contribution is -2.20. The Bertz CT molecular complexity index is 761. The average Bonchev–Trinajstić information content (AvgIpc) is 2.53. The lowest BCUT2D eigenvalue weighted by atomic mass is 10.2. The van der Waals surface area contributed by atoms with Crippen LogP contribution in [-0.4, -0.2) is 24.8 Å². The molecule has 0 fully saturated rings. The molecule has 25 heavy (non-hydrogen) atoms. The monoisotopic (exact) mass is 354 g/mol. The first-order chi connectivity index (χ1) is 11.7. The standard InChI is InChI=1S/C16H13F3N2O4/c17-16(18,19)25-12-6-4-11(5-7-12)21-15(23)10-2-1-3-13(8-10)24-9-14(20)22/h1-8H,9H2,(H2,20,22)(H,21,23). The SMILES string of the molecule is NC(=O)COc1cccc(C(=O)Nc2ccc(OC(F)(F)F)cc2)c1. The summed E-state index contributed by atoms with van der Waals surface area (Å²) < 4.78 is 45.1. The number of primary amides is 1. The van der Waals surface area contributed by atoms with Crippen LogP contribution in [0.15, 0.2) is 48.5 Å². The molecule has 0 aliphatic carbocycles. The van der Waals surface area contributed by atoms with Crippen molar-refractivity contribution in [2.24, 2.45) is 5.73 Å². The van der Waals surface area contributed by atoms with Crippen molar-refractivity contribution in [2.45, 2.75) is 6.36 Å². The van der Waals surface area contributed by atoms with Gasteiger partial charge in [0.05, 0.1) is 0 Å². The summed E-state index contributed by atoms with van der Waals surface area (Å²) in [6, 6.07) is 10.7. The van der Waals surface area contributed by atoms with E-state index in [0.29, 0.717) is 0 Å². The highest BCUT2D eigenvalue weighted by Crippen LogP contribution is 2.24. The van der Waals surface area contributed by atoms with Gasteiger partial charge in [0.2, 0.25) is 0 Å². The van der Waals surface area contributed by atoms with Gasteiger partial charge < -0.3 is 20.5 Å². The largest absolute Gasteiger partial charge is 0.573 e. The fourth-order valence-electron chi connectivity index (χ4n) is 1.82. The van der Waals surface area contributed by atoms with Crippen LogP contribution < -0.4 is 20.5 Å². The predicted molar refractivity (Wildman–Crippen MR) is 82.2 cm³/mol. The van der Waals surface area contributed by atoms with Crippen LogP contribution in [0, 0.1) is 0 Å². The Morgan fingerprint density at radius 2 is 1.72 bits per heavy atom. The highest BCUT2D eigenvalue weighted by atomic mass is 19.4. The molecular weight excluding hydrogens is 341 g/mol. The van der Waals surface area contributed by atoms with E-state index < -0.39 is 23.9 Å². The molecule has 0 bridgehead atoms. The summed E-state index contributed by atoms with van der Waals surface area (Å²) in [5.41, 5.74) is 5.48. The highest BCUT2D eigenvalue weighted by molar-refractivity contribution is 6.04. The normalized spacial score (nSPS) is 10.8. The third-order valence-electron chi connectivity index (χ3n) is 2.82. The van der Waals surface area contributed by atoms with E-state index in [0.717, 1.165) is 12.1 Å². The van der Waals surface area contributed by atoms with Crippen LogP contribution in [0.4, 0.5) is 18.9 Å². The molecule has 9 heteroatoms. The number of alkyl halides is 3. The number of nitrogens with two attached hydrogens (primary N) is 1. The van der Waals surface area contributed by atoms with Crippen molar-refractivity contribution >= 4 is 17.5 Å². The smallest absolute Gasteiger partial charge is 0.484 e. The van der Waals surface area contributed by atoms with Crippen LogP contribution in [0.2, 0.25) is 0 Å². The number of carbonyl (C=O) groups excluding carboxylic acids is 2. The molecule has 0 spiro atoms. The Morgan fingerprint density at radius 3 is 2.32 bits per heavy atom. The third-order valence-corrected chi connectivity index (χ3v) is 2.82. The van der Waals surface area contributed by atoms with Crippen molar-refractivity contribution in [3.63, 3.8) is 0 Å². The second-order valence-electron chi connectivity index (χ2n) is 4.81. The van der Waals surface area contributed by atoms with Gasteiger partial charge in [-0.1, -0.05) is 6.07 Å². The highest BCUT2D eigenvalue weighted by Gasteiger charge is 2.30. The van der Waals surface area contributed by atoms with Crippen molar-refractivity contribution in [3.8, 4) is 11.5 Å². The summed E-state index contributed by atoms with van der Waals surface area (Å²) >= 11 is 0. The number of rotatable bonds is 6. The van der Waals surface area contributed by atoms with Crippen LogP contribution in [0.5, 0.6) is 11.5 Å². The second kappa shape index (κ2) is 7.56. The van der Waals surface area contributed by atoms with Crippen LogP contribution in [-0.2, 0) is 4.79 Å². The quantitative estimate of drug-likeness (QED) is 0.834. The van der Waals surface area contributed by atoms with Gasteiger partial charge in [-0.3, -0.25) is 9.59 Å². The van der Waals surface area contributed by atoms with Crippen LogP contribution >= 0.6 is 0 Å². The van der Waals surface area contributed by atoms with Gasteiger partial charge in [0.25, 0.3) is 11.8 Å². The maximum absolute atomic E-state index is 12.1. The first kappa shape index (κ1) is 18.1. The van der Waals surface area contributed by atoms with Gasteiger partial charge in [0.1, 0.15) is 11.5 Å². The number of hydrogen-bond acceptors (Lipinski definition) is 4. The Kier molecular flexibility index (Phi) is 5.48. The molecule has 2 rings (SSSR count). The van der Waals surface area contributed by atoms with Gasteiger partial charge in [-0.05, 0) is 42.5 Å². The summed E-state index contributed by atoms with van der Waals surface area (Å²) in [5, 5.41) is 2.52. The molecule has 3 N–H and O–H groups in total. The van der Waals surface area contributed by atoms with E-state index in [4.69, 9.17) is 10.5 Å². The van der Waals surface area contributed by atoms with E-state index in [2.05, 4.69) is 10.1 Å². The maximum atomic E-state index is 12.1. The Morgan fingerprint density at radius 1 is 1.04 bits per heavy atom. The van der Waals surface area contributed by atoms with Gasteiger partial charge in [-0.15, -0.1) is 13.2 Å². The van der Waals surface area contributed by atoms with E-state index in [1.54, 1.807) is 12.1 Å². The van der Waals surface area contributed by atoms with Gasteiger partial charge in [-0.25, -0.2) is 0 Å². The minimum atomic E-state index is -4.78. The number of anilines is 1. The van der Waals surface area contributed by atoms with Gasteiger partial charge in [-0.2, -0.15) is 0 Å². The molecule has 2 aromatic rings. The molecule has 0 aliphatic rings. The van der Waals surface area contributed by atoms with Crippen molar-refractivity contribution < 1.29 is 32.2 Å². The molecule has 0 saturated carbocycles. The molecule has 0 atom stereocenters. The van der Waals surface area contributed by atoms with Crippen molar-refractivity contribution in [1.29, 1.82) is 0 Å². The lowest BCUT2D eigenvalue weighted by molar-refractivity contribution is -0.274. The minimum absolute atomic E-state index is 0.234. The number of amides is 2. The van der Waals surface area contributed by atoms with Crippen LogP contribution in [0.3, 0.4) is 0 Å². The van der Waals surface area contributed by atoms with E-state index in [-0.39, 0.29) is 23.6 Å². The molecule has 2 amide bonds. The van der Waals surface area contributed by atoms with Gasteiger partial charge in [0, 0.05) is 11.3 Å². The second-order valence-corrected chi connectivity index (χ2v) is 4.81.